The smallest absolute Gasteiger partial charge is 0.393 e. The van der Waals surface area contributed by atoms with Gasteiger partial charge >= 0.3 is 12.8 Å². The third-order valence-corrected chi connectivity index (χ3v) is 9.89. The second-order valence-electron chi connectivity index (χ2n) is 11.4. The van der Waals surface area contributed by atoms with Crippen LogP contribution >= 0.6 is 11.3 Å². The molecule has 0 unspecified atom stereocenters. The second-order valence-corrected chi connectivity index (χ2v) is 14.1. The van der Waals surface area contributed by atoms with Crippen LogP contribution in [0.25, 0.3) is 10.1 Å². The fourth-order valence-corrected chi connectivity index (χ4v) is 7.44. The first-order valence-corrected chi connectivity index (χ1v) is 17.1. The zero-order valence-electron chi connectivity index (χ0n) is 26.5. The van der Waals surface area contributed by atoms with E-state index in [1.165, 1.54) is 4.72 Å². The maximum atomic E-state index is 14.7. The van der Waals surface area contributed by atoms with Crippen LogP contribution in [0.1, 0.15) is 30.2 Å². The summed E-state index contributed by atoms with van der Waals surface area (Å²) in [6.45, 7) is -1.58. The Morgan fingerprint density at radius 2 is 1.84 bits per heavy atom. The highest BCUT2D eigenvalue weighted by atomic mass is 32.2. The van der Waals surface area contributed by atoms with Crippen LogP contribution in [0.15, 0.2) is 35.2 Å². The van der Waals surface area contributed by atoms with Crippen LogP contribution in [0.5, 0.6) is 5.75 Å². The summed E-state index contributed by atoms with van der Waals surface area (Å²) in [5, 5.41) is 6.29. The molecule has 10 nitrogen and oxygen atoms in total. The van der Waals surface area contributed by atoms with Gasteiger partial charge in [-0.3, -0.25) is 9.59 Å². The molecule has 1 aromatic heterocycles. The second kappa shape index (κ2) is 15.6. The van der Waals surface area contributed by atoms with Gasteiger partial charge in [0.05, 0.1) is 40.5 Å². The number of likely N-dealkylation sites (N-methyl/N-ethyl adjacent to an activating group) is 1. The van der Waals surface area contributed by atoms with Crippen molar-refractivity contribution < 1.29 is 49.1 Å². The zero-order valence-corrected chi connectivity index (χ0v) is 28.1. The van der Waals surface area contributed by atoms with Crippen LogP contribution in [-0.2, 0) is 26.0 Å². The minimum atomic E-state index is -4.75. The molecule has 0 radical (unpaired) electrons. The first-order valence-electron chi connectivity index (χ1n) is 14.8. The molecular weight excluding hydrogens is 700 g/mol. The number of thiophene rings is 1. The molecule has 266 valence electrons. The van der Waals surface area contributed by atoms with E-state index in [1.54, 1.807) is 28.0 Å². The number of sulfonamides is 1. The van der Waals surface area contributed by atoms with Crippen LogP contribution in [0.2, 0.25) is 0 Å². The summed E-state index contributed by atoms with van der Waals surface area (Å²) in [6, 6.07) is 5.97. The molecular formula is C31H33F6N5O5S2. The Bertz CT molecular complexity index is 1860. The van der Waals surface area contributed by atoms with E-state index in [2.05, 4.69) is 27.2 Å². The molecule has 0 atom stereocenters. The Morgan fingerprint density at radius 3 is 2.45 bits per heavy atom. The first-order chi connectivity index (χ1) is 22.9. The van der Waals surface area contributed by atoms with E-state index in [0.717, 1.165) is 18.3 Å². The van der Waals surface area contributed by atoms with Crippen LogP contribution in [0.3, 0.4) is 0 Å². The highest BCUT2D eigenvalue weighted by Crippen LogP contribution is 2.39. The maximum absolute atomic E-state index is 14.7. The van der Waals surface area contributed by atoms with Gasteiger partial charge in [-0.25, -0.2) is 17.5 Å². The molecule has 1 fully saturated rings. The summed E-state index contributed by atoms with van der Waals surface area (Å²) in [5.41, 5.74) is 0.156. The lowest BCUT2D eigenvalue weighted by molar-refractivity contribution is -0.132. The fraction of sp³-hybridized carbons (Fsp3) is 0.419. The number of nitrogens with zero attached hydrogens (tertiary/aromatic N) is 2. The molecule has 18 heteroatoms. The molecule has 2 heterocycles. The number of piperidine rings is 1. The molecule has 2 aromatic carbocycles. The molecule has 1 aliphatic rings. The molecule has 4 rings (SSSR count). The van der Waals surface area contributed by atoms with Gasteiger partial charge in [0, 0.05) is 38.2 Å². The Hall–Kier alpha value is -4.21. The molecule has 3 aromatic rings. The predicted octanol–water partition coefficient (Wildman–Crippen LogP) is 5.00. The number of hydrogen-bond acceptors (Lipinski definition) is 9. The molecule has 0 saturated carbocycles. The van der Waals surface area contributed by atoms with Crippen LogP contribution in [0.4, 0.5) is 37.7 Å². The Labute approximate surface area is 282 Å². The predicted molar refractivity (Wildman–Crippen MR) is 173 cm³/mol. The zero-order chi connectivity index (χ0) is 36.1. The molecule has 1 aliphatic heterocycles. The largest absolute Gasteiger partial charge is 0.433 e. The van der Waals surface area contributed by atoms with Crippen molar-refractivity contribution in [1.29, 1.82) is 0 Å². The molecule has 1 saturated heterocycles. The number of nitrogens with one attached hydrogen (secondary N) is 3. The van der Waals surface area contributed by atoms with E-state index in [-0.39, 0.29) is 28.9 Å². The van der Waals surface area contributed by atoms with E-state index in [4.69, 9.17) is 0 Å². The number of alkyl halides is 5. The van der Waals surface area contributed by atoms with Crippen LogP contribution in [0, 0.1) is 17.7 Å². The van der Waals surface area contributed by atoms with E-state index in [1.807, 2.05) is 14.1 Å². The van der Waals surface area contributed by atoms with Crippen molar-refractivity contribution in [2.45, 2.75) is 49.9 Å². The number of likely N-dealkylation sites (tertiary alicyclic amines) is 1. The minimum Gasteiger partial charge on any atom is -0.433 e. The standard InChI is InChI=1S/C31H33F6N5O5S2/c1-18(43)40-49(45,46)27-15-25(47-30(33)34)24(14-22(27)32)38-11-5-8-26-21(16-31(35,36)37)20-6-4-7-23(29(20)48-26)39-19-9-12-42(13-10-19)28(44)17-41(2)3/h4,6-7,14-15,19,30,38-39H,9-13,16-17H2,1-3H3,(H,40,43). The van der Waals surface area contributed by atoms with Gasteiger partial charge in [-0.1, -0.05) is 24.0 Å². The first kappa shape index (κ1) is 37.6. The molecule has 2 amide bonds. The lowest BCUT2D eigenvalue weighted by atomic mass is 10.0. The fourth-order valence-electron chi connectivity index (χ4n) is 5.21. The quantitative estimate of drug-likeness (QED) is 0.186. The lowest BCUT2D eigenvalue weighted by Crippen LogP contribution is -2.45. The molecule has 0 aliphatic carbocycles. The third-order valence-electron chi connectivity index (χ3n) is 7.24. The molecule has 3 N–H and O–H groups in total. The van der Waals surface area contributed by atoms with Crippen molar-refractivity contribution in [1.82, 2.24) is 14.5 Å². The summed E-state index contributed by atoms with van der Waals surface area (Å²) >= 11 is 1.04. The van der Waals surface area contributed by atoms with Gasteiger partial charge in [0.2, 0.25) is 11.8 Å². The number of anilines is 2. The van der Waals surface area contributed by atoms with Gasteiger partial charge in [0.25, 0.3) is 10.0 Å². The normalized spacial score (nSPS) is 14.1. The Balaban J connectivity index is 1.57. The summed E-state index contributed by atoms with van der Waals surface area (Å²) in [5.74, 6) is 2.12. The van der Waals surface area contributed by atoms with Crippen molar-refractivity contribution in [2.24, 2.45) is 0 Å². The third kappa shape index (κ3) is 10.2. The van der Waals surface area contributed by atoms with Gasteiger partial charge in [-0.15, -0.1) is 11.3 Å². The minimum absolute atomic E-state index is 0.0214. The van der Waals surface area contributed by atoms with Gasteiger partial charge < -0.3 is 25.2 Å². The number of amides is 2. The average molecular weight is 734 g/mol. The number of hydrogen-bond donors (Lipinski definition) is 3. The van der Waals surface area contributed by atoms with E-state index in [0.29, 0.717) is 60.4 Å². The number of rotatable bonds is 11. The van der Waals surface area contributed by atoms with Gasteiger partial charge in [0.1, 0.15) is 10.7 Å². The van der Waals surface area contributed by atoms with E-state index < -0.39 is 57.3 Å². The van der Waals surface area contributed by atoms with Crippen LogP contribution < -0.4 is 20.1 Å². The van der Waals surface area contributed by atoms with Crippen molar-refractivity contribution >= 4 is 54.6 Å². The Morgan fingerprint density at radius 1 is 1.14 bits per heavy atom. The average Bonchev–Trinajstić information content (AvgIpc) is 3.32. The number of benzene rings is 2. The molecule has 0 spiro atoms. The number of fused-ring (bicyclic) bond motifs is 1. The van der Waals surface area contributed by atoms with Gasteiger partial charge in [0.15, 0.2) is 5.75 Å². The summed E-state index contributed by atoms with van der Waals surface area (Å²) in [6.07, 6.45) is -4.53. The summed E-state index contributed by atoms with van der Waals surface area (Å²) in [7, 11) is -1.13. The van der Waals surface area contributed by atoms with Crippen LogP contribution in [-0.4, -0.2) is 89.1 Å². The van der Waals surface area contributed by atoms with Gasteiger partial charge in [-0.2, -0.15) is 22.0 Å². The van der Waals surface area contributed by atoms with Crippen molar-refractivity contribution in [2.75, 3.05) is 50.9 Å². The Kier molecular flexibility index (Phi) is 11.9. The number of ether oxygens (including phenoxy) is 1. The molecule has 0 bridgehead atoms. The summed E-state index contributed by atoms with van der Waals surface area (Å²) in [4.78, 5) is 26.2. The maximum Gasteiger partial charge on any atom is 0.393 e. The van der Waals surface area contributed by atoms with Crippen molar-refractivity contribution in [3.63, 3.8) is 0 Å². The van der Waals surface area contributed by atoms with E-state index in [9.17, 15) is 44.3 Å². The van der Waals surface area contributed by atoms with E-state index >= 15 is 0 Å². The number of carbonyl (C=O) groups excluding carboxylic acids is 2. The SMILES string of the molecule is CC(=O)NS(=O)(=O)c1cc(OC(F)F)c(NCC#Cc2sc3c(NC4CCN(C(=O)CN(C)C)CC4)cccc3c2CC(F)(F)F)cc1F. The highest BCUT2D eigenvalue weighted by molar-refractivity contribution is 7.90. The lowest BCUT2D eigenvalue weighted by Gasteiger charge is -2.33. The monoisotopic (exact) mass is 733 g/mol. The number of halogens is 6. The van der Waals surface area contributed by atoms with Crippen molar-refractivity contribution in [3.8, 4) is 17.6 Å². The summed E-state index contributed by atoms with van der Waals surface area (Å²) < 4.78 is 113. The van der Waals surface area contributed by atoms with Gasteiger partial charge in [-0.05, 0) is 44.0 Å². The van der Waals surface area contributed by atoms with Crippen molar-refractivity contribution in [3.05, 3.63) is 46.6 Å². The topological polar surface area (TPSA) is 120 Å². The number of carbonyl (C=O) groups is 2. The highest BCUT2D eigenvalue weighted by Gasteiger charge is 2.32. The molecule has 49 heavy (non-hydrogen) atoms.